The van der Waals surface area contributed by atoms with Gasteiger partial charge in [-0.3, -0.25) is 4.79 Å². The van der Waals surface area contributed by atoms with Crippen molar-refractivity contribution >= 4 is 23.1 Å². The second kappa shape index (κ2) is 8.10. The number of nitrogens with one attached hydrogen (secondary N) is 2. The SMILES string of the molecule is CC(C)Oc1ccccc1Nc1ccc(NC(=O)c2ccc3c(c2)OCO3)cn1. The molecule has 148 valence electrons. The molecule has 2 N–H and O–H groups in total. The Balaban J connectivity index is 1.43. The van der Waals surface area contributed by atoms with Crippen LogP contribution in [0.1, 0.15) is 24.2 Å². The van der Waals surface area contributed by atoms with Gasteiger partial charge in [0.15, 0.2) is 11.5 Å². The van der Waals surface area contributed by atoms with Crippen LogP contribution in [-0.2, 0) is 0 Å². The van der Waals surface area contributed by atoms with Crippen LogP contribution in [0.25, 0.3) is 0 Å². The Labute approximate surface area is 168 Å². The molecule has 7 nitrogen and oxygen atoms in total. The molecule has 1 aromatic heterocycles. The van der Waals surface area contributed by atoms with Crippen LogP contribution in [0.4, 0.5) is 17.2 Å². The van der Waals surface area contributed by atoms with Crippen molar-refractivity contribution in [1.82, 2.24) is 4.98 Å². The lowest BCUT2D eigenvalue weighted by Gasteiger charge is -2.15. The van der Waals surface area contributed by atoms with Gasteiger partial charge in [0.05, 0.1) is 23.7 Å². The monoisotopic (exact) mass is 391 g/mol. The fraction of sp³-hybridized carbons (Fsp3) is 0.182. The van der Waals surface area contributed by atoms with Crippen molar-refractivity contribution in [3.8, 4) is 17.2 Å². The van der Waals surface area contributed by atoms with Crippen molar-refractivity contribution in [1.29, 1.82) is 0 Å². The molecule has 7 heteroatoms. The van der Waals surface area contributed by atoms with Gasteiger partial charge in [0.1, 0.15) is 11.6 Å². The number of aromatic nitrogens is 1. The smallest absolute Gasteiger partial charge is 0.255 e. The van der Waals surface area contributed by atoms with Gasteiger partial charge in [0, 0.05) is 5.56 Å². The number of carbonyl (C=O) groups is 1. The summed E-state index contributed by atoms with van der Waals surface area (Å²) >= 11 is 0. The number of benzene rings is 2. The summed E-state index contributed by atoms with van der Waals surface area (Å²) < 4.78 is 16.4. The quantitative estimate of drug-likeness (QED) is 0.639. The van der Waals surface area contributed by atoms with Crippen LogP contribution >= 0.6 is 0 Å². The van der Waals surface area contributed by atoms with Gasteiger partial charge < -0.3 is 24.8 Å². The highest BCUT2D eigenvalue weighted by Crippen LogP contribution is 2.33. The molecule has 0 radical (unpaired) electrons. The molecule has 0 aliphatic carbocycles. The Morgan fingerprint density at radius 1 is 1.07 bits per heavy atom. The Bertz CT molecular complexity index is 1020. The Kier molecular flexibility index (Phi) is 5.20. The molecule has 1 amide bonds. The van der Waals surface area contributed by atoms with E-state index in [1.807, 2.05) is 38.1 Å². The van der Waals surface area contributed by atoms with Crippen LogP contribution < -0.4 is 24.8 Å². The Morgan fingerprint density at radius 2 is 1.90 bits per heavy atom. The van der Waals surface area contributed by atoms with Gasteiger partial charge in [0.25, 0.3) is 5.91 Å². The molecule has 0 atom stereocenters. The highest BCUT2D eigenvalue weighted by Gasteiger charge is 2.16. The fourth-order valence-corrected chi connectivity index (χ4v) is 2.85. The molecule has 0 saturated heterocycles. The van der Waals surface area contributed by atoms with E-state index in [9.17, 15) is 4.79 Å². The van der Waals surface area contributed by atoms with E-state index in [0.717, 1.165) is 11.4 Å². The number of anilines is 3. The molecule has 0 saturated carbocycles. The van der Waals surface area contributed by atoms with Gasteiger partial charge in [0.2, 0.25) is 6.79 Å². The van der Waals surface area contributed by atoms with Crippen LogP contribution in [0.5, 0.6) is 17.2 Å². The molecular formula is C22H21N3O4. The summed E-state index contributed by atoms with van der Waals surface area (Å²) in [6.07, 6.45) is 1.67. The minimum absolute atomic E-state index is 0.0691. The number of hydrogen-bond acceptors (Lipinski definition) is 6. The first-order valence-electron chi connectivity index (χ1n) is 9.28. The molecule has 2 aromatic carbocycles. The Morgan fingerprint density at radius 3 is 2.69 bits per heavy atom. The molecular weight excluding hydrogens is 370 g/mol. The van der Waals surface area contributed by atoms with E-state index in [4.69, 9.17) is 14.2 Å². The number of para-hydroxylation sites is 2. The Hall–Kier alpha value is -3.74. The number of nitrogens with zero attached hydrogens (tertiary/aromatic N) is 1. The fourth-order valence-electron chi connectivity index (χ4n) is 2.85. The maximum absolute atomic E-state index is 12.5. The van der Waals surface area contributed by atoms with Gasteiger partial charge >= 0.3 is 0 Å². The predicted octanol–water partition coefficient (Wildman–Crippen LogP) is 4.59. The first-order chi connectivity index (χ1) is 14.1. The van der Waals surface area contributed by atoms with Crippen molar-refractivity contribution in [2.45, 2.75) is 20.0 Å². The summed E-state index contributed by atoms with van der Waals surface area (Å²) in [5.74, 6) is 2.36. The molecule has 0 unspecified atom stereocenters. The molecule has 4 rings (SSSR count). The summed E-state index contributed by atoms with van der Waals surface area (Å²) in [5.41, 5.74) is 1.90. The highest BCUT2D eigenvalue weighted by molar-refractivity contribution is 6.04. The maximum atomic E-state index is 12.5. The third-order valence-corrected chi connectivity index (χ3v) is 4.17. The van der Waals surface area contributed by atoms with Crippen LogP contribution in [0.3, 0.4) is 0 Å². The average molecular weight is 391 g/mol. The van der Waals surface area contributed by atoms with Crippen molar-refractivity contribution < 1.29 is 19.0 Å². The minimum Gasteiger partial charge on any atom is -0.489 e. The number of carbonyl (C=O) groups excluding carboxylic acids is 1. The third-order valence-electron chi connectivity index (χ3n) is 4.17. The topological polar surface area (TPSA) is 81.7 Å². The van der Waals surface area contributed by atoms with E-state index in [-0.39, 0.29) is 18.8 Å². The van der Waals surface area contributed by atoms with Gasteiger partial charge in [-0.25, -0.2) is 4.98 Å². The number of rotatable bonds is 6. The molecule has 3 aromatic rings. The van der Waals surface area contributed by atoms with Crippen LogP contribution in [0, 0.1) is 0 Å². The lowest BCUT2D eigenvalue weighted by atomic mass is 10.2. The minimum atomic E-state index is -0.249. The number of fused-ring (bicyclic) bond motifs is 1. The summed E-state index contributed by atoms with van der Waals surface area (Å²) in [5, 5.41) is 6.07. The molecule has 0 bridgehead atoms. The summed E-state index contributed by atoms with van der Waals surface area (Å²) in [6.45, 7) is 4.13. The summed E-state index contributed by atoms with van der Waals surface area (Å²) in [6, 6.07) is 16.3. The standard InChI is InChI=1S/C22H21N3O4/c1-14(2)29-18-6-4-3-5-17(18)25-21-10-8-16(12-23-21)24-22(26)15-7-9-19-20(11-15)28-13-27-19/h3-12,14H,13H2,1-2H3,(H,23,25)(H,24,26). The summed E-state index contributed by atoms with van der Waals surface area (Å²) in [7, 11) is 0. The van der Waals surface area contributed by atoms with Crippen molar-refractivity contribution in [3.63, 3.8) is 0 Å². The third kappa shape index (κ3) is 4.40. The van der Waals surface area contributed by atoms with Gasteiger partial charge in [-0.2, -0.15) is 0 Å². The lowest BCUT2D eigenvalue weighted by Crippen LogP contribution is -2.12. The van der Waals surface area contributed by atoms with Crippen molar-refractivity contribution in [2.75, 3.05) is 17.4 Å². The van der Waals surface area contributed by atoms with Crippen LogP contribution in [0.15, 0.2) is 60.8 Å². The molecule has 29 heavy (non-hydrogen) atoms. The number of hydrogen-bond donors (Lipinski definition) is 2. The molecule has 0 fully saturated rings. The molecule has 0 spiro atoms. The first-order valence-corrected chi connectivity index (χ1v) is 9.28. The normalized spacial score (nSPS) is 12.0. The second-order valence-electron chi connectivity index (χ2n) is 6.74. The zero-order valence-corrected chi connectivity index (χ0v) is 16.1. The number of amides is 1. The predicted molar refractivity (Wildman–Crippen MR) is 110 cm³/mol. The van der Waals surface area contributed by atoms with Crippen LogP contribution in [-0.4, -0.2) is 23.8 Å². The van der Waals surface area contributed by atoms with Gasteiger partial charge in [-0.05, 0) is 56.3 Å². The highest BCUT2D eigenvalue weighted by atomic mass is 16.7. The zero-order chi connectivity index (χ0) is 20.2. The van der Waals surface area contributed by atoms with E-state index in [1.165, 1.54) is 0 Å². The van der Waals surface area contributed by atoms with Crippen molar-refractivity contribution in [3.05, 3.63) is 66.4 Å². The van der Waals surface area contributed by atoms with E-state index < -0.39 is 0 Å². The van der Waals surface area contributed by atoms with E-state index >= 15 is 0 Å². The zero-order valence-electron chi connectivity index (χ0n) is 16.1. The lowest BCUT2D eigenvalue weighted by molar-refractivity contribution is 0.102. The van der Waals surface area contributed by atoms with Gasteiger partial charge in [-0.1, -0.05) is 12.1 Å². The van der Waals surface area contributed by atoms with E-state index in [1.54, 1.807) is 36.5 Å². The van der Waals surface area contributed by atoms with Crippen LogP contribution in [0.2, 0.25) is 0 Å². The molecule has 2 heterocycles. The summed E-state index contributed by atoms with van der Waals surface area (Å²) in [4.78, 5) is 16.8. The number of pyridine rings is 1. The molecule has 1 aliphatic heterocycles. The number of ether oxygens (including phenoxy) is 3. The van der Waals surface area contributed by atoms with Gasteiger partial charge in [-0.15, -0.1) is 0 Å². The van der Waals surface area contributed by atoms with E-state index in [2.05, 4.69) is 15.6 Å². The largest absolute Gasteiger partial charge is 0.489 e. The van der Waals surface area contributed by atoms with Crippen molar-refractivity contribution in [2.24, 2.45) is 0 Å². The first kappa shape index (κ1) is 18.6. The maximum Gasteiger partial charge on any atom is 0.255 e. The molecule has 1 aliphatic rings. The second-order valence-corrected chi connectivity index (χ2v) is 6.74. The average Bonchev–Trinajstić information content (AvgIpc) is 3.18. The van der Waals surface area contributed by atoms with E-state index in [0.29, 0.717) is 28.6 Å².